The number of hydrogen-bond acceptors (Lipinski definition) is 0. The Morgan fingerprint density at radius 2 is 0.222 bits per heavy atom. The van der Waals surface area contributed by atoms with Crippen LogP contribution in [-0.4, -0.2) is 48.4 Å². The first-order valence-electron chi connectivity index (χ1n) is 39.2. The molecule has 0 aliphatic rings. The van der Waals surface area contributed by atoms with Gasteiger partial charge in [-0.1, -0.05) is 0 Å². The maximum absolute atomic E-state index is 2.72. The second-order valence-electron chi connectivity index (χ2n) is 29.3. The molecule has 0 aromatic heterocycles. The summed E-state index contributed by atoms with van der Waals surface area (Å²) in [6.07, 6.45) is 55.3. The van der Waals surface area contributed by atoms with E-state index in [2.05, 4.69) is 125 Å². The van der Waals surface area contributed by atoms with Gasteiger partial charge in [0.05, 0.1) is 0 Å². The molecule has 0 saturated heterocycles. The molecule has 0 amide bonds. The molecule has 0 N–H and O–H groups in total. The fourth-order valence-electron chi connectivity index (χ4n) is 19.7. The molecule has 485 valence electrons. The van der Waals surface area contributed by atoms with Crippen LogP contribution in [0.5, 0.6) is 0 Å². The third kappa shape index (κ3) is 22.9. The van der Waals surface area contributed by atoms with Gasteiger partial charge >= 0.3 is 544 Å². The average molecular weight is 1310 g/mol. The van der Waals surface area contributed by atoms with Crippen LogP contribution in [0.4, 0.5) is 0 Å². The van der Waals surface area contributed by atoms with E-state index < -0.39 is 77.6 Å². The van der Waals surface area contributed by atoms with Gasteiger partial charge in [-0.2, -0.15) is 0 Å². The van der Waals surface area contributed by atoms with Gasteiger partial charge in [-0.15, -0.1) is 0 Å². The van der Waals surface area contributed by atoms with Gasteiger partial charge in [0.15, 0.2) is 0 Å². The van der Waals surface area contributed by atoms with E-state index in [-0.39, 0.29) is 0 Å². The molecule has 0 unspecified atom stereocenters. The normalized spacial score (nSPS) is 13.5. The molecule has 0 aliphatic heterocycles. The summed E-state index contributed by atoms with van der Waals surface area (Å²) < 4.78 is 1.85. The first-order chi connectivity index (χ1) is 39.3. The van der Waals surface area contributed by atoms with Gasteiger partial charge in [0.1, 0.15) is 0 Å². The Morgan fingerprint density at radius 1 is 0.148 bits per heavy atom. The van der Waals surface area contributed by atoms with Crippen LogP contribution in [0.15, 0.2) is 0 Å². The first-order valence-corrected chi connectivity index (χ1v) is 57.7. The van der Waals surface area contributed by atoms with Crippen molar-refractivity contribution in [2.24, 2.45) is 0 Å². The zero-order valence-corrected chi connectivity index (χ0v) is 69.6. The molecule has 7 heteroatoms. The summed E-state index contributed by atoms with van der Waals surface area (Å²) in [5.74, 6) is 0. The van der Waals surface area contributed by atoms with Gasteiger partial charge in [0.25, 0.3) is 0 Å². The Hall–Kier alpha value is 2.41. The zero-order chi connectivity index (χ0) is 60.9. The predicted octanol–water partition coefficient (Wildman–Crippen LogP) is 29.7. The molecular weight excluding hydrogens is 1150 g/mol. The Kier molecular flexibility index (Phi) is 50.6. The van der Waals surface area contributed by atoms with Gasteiger partial charge in [0, 0.05) is 0 Å². The quantitative estimate of drug-likeness (QED) is 0.0533. The Bertz CT molecular complexity index is 1010. The van der Waals surface area contributed by atoms with E-state index in [1.54, 1.807) is 224 Å². The zero-order valence-electron chi connectivity index (χ0n) is 60.8. The molecule has 81 heavy (non-hydrogen) atoms. The minimum atomic E-state index is -2.06. The summed E-state index contributed by atoms with van der Waals surface area (Å²) in [6, 6.07) is 32.5. The van der Waals surface area contributed by atoms with E-state index in [0.717, 1.165) is 2.19 Å². The molecule has 0 heterocycles. The summed E-state index contributed by atoms with van der Waals surface area (Å²) in [7, 11) is -12.4. The van der Waals surface area contributed by atoms with Crippen molar-refractivity contribution < 1.29 is 29.2 Å². The van der Waals surface area contributed by atoms with Crippen molar-refractivity contribution in [3.8, 4) is 0 Å². The van der Waals surface area contributed by atoms with E-state index in [4.69, 9.17) is 0 Å². The van der Waals surface area contributed by atoms with Crippen molar-refractivity contribution in [3.05, 3.63) is 0 Å². The van der Waals surface area contributed by atoms with Crippen molar-refractivity contribution in [2.75, 3.05) is 0 Å². The average Bonchev–Trinajstić information content (AvgIpc) is 3.50. The third-order valence-electron chi connectivity index (χ3n) is 23.6. The summed E-state index contributed by atoms with van der Waals surface area (Å²) in [6.45, 7) is 48.9. The SMILES string of the molecule is CCCC[Si](CCCC)(CCCC)[C]([Y][C]([Si](CCCC)(CCCC)CCCC)([Si](CCCC)(CCCC)CCCC)[Si](CCCC)(CCCC)CCCC)([Si](CCCC)(CCCC)CCCC)[Si](CCCC)(CCCC)CCCC. The topological polar surface area (TPSA) is 0 Å². The summed E-state index contributed by atoms with van der Waals surface area (Å²) >= 11 is -1.73. The second-order valence-corrected chi connectivity index (χ2v) is 74.9. The minimum absolute atomic E-state index is 0.926. The second kappa shape index (κ2) is 49.2. The van der Waals surface area contributed by atoms with E-state index in [1.165, 1.54) is 116 Å². The molecule has 0 nitrogen and oxygen atoms in total. The van der Waals surface area contributed by atoms with Crippen LogP contribution in [0.1, 0.15) is 356 Å². The summed E-state index contributed by atoms with van der Waals surface area (Å²) in [5, 5.41) is 0. The van der Waals surface area contributed by atoms with Crippen LogP contribution in [0.25, 0.3) is 0 Å². The molecule has 0 fully saturated rings. The van der Waals surface area contributed by atoms with Crippen molar-refractivity contribution in [1.82, 2.24) is 0 Å². The fourth-order valence-corrected chi connectivity index (χ4v) is 142. The number of rotatable bonds is 62. The molecule has 0 spiro atoms. The van der Waals surface area contributed by atoms with Crippen molar-refractivity contribution in [2.45, 2.75) is 467 Å². The van der Waals surface area contributed by atoms with Crippen LogP contribution in [0.3, 0.4) is 0 Å². The first kappa shape index (κ1) is 83.4. The van der Waals surface area contributed by atoms with Gasteiger partial charge in [0.2, 0.25) is 0 Å². The molecule has 0 bridgehead atoms. The van der Waals surface area contributed by atoms with Crippen molar-refractivity contribution in [3.63, 3.8) is 0 Å². The third-order valence-corrected chi connectivity index (χ3v) is 111. The van der Waals surface area contributed by atoms with Gasteiger partial charge < -0.3 is 0 Å². The Morgan fingerprint density at radius 3 is 0.284 bits per heavy atom. The van der Waals surface area contributed by atoms with Crippen LogP contribution in [0.2, 0.25) is 111 Å². The van der Waals surface area contributed by atoms with Crippen LogP contribution in [0, 0.1) is 0 Å². The molecule has 0 rings (SSSR count). The molecule has 0 radical (unpaired) electrons. The fraction of sp³-hybridized carbons (Fsp3) is 1.00. The van der Waals surface area contributed by atoms with Gasteiger partial charge in [-0.3, -0.25) is 0 Å². The molecule has 0 saturated carbocycles. The standard InChI is InChI=1S/2C37H81Si3.Y/c2*1-10-19-28-38(29-20-11-2,30-21-12-3)37(39(31-22-13-4,32-23-14-5)33-24-15-6)40(34-25-16-7,35-26-17-8)36-27-18-9;/h2*10-36H2,1-9H3;. The molecule has 0 aromatic rings. The van der Waals surface area contributed by atoms with E-state index in [1.807, 2.05) is 0 Å². The van der Waals surface area contributed by atoms with Crippen molar-refractivity contribution >= 4 is 48.4 Å². The van der Waals surface area contributed by atoms with Crippen molar-refractivity contribution in [1.29, 1.82) is 0 Å². The molecule has 0 aromatic carbocycles. The Labute approximate surface area is 539 Å². The van der Waals surface area contributed by atoms with Gasteiger partial charge in [-0.05, 0) is 0 Å². The molecular formula is C74H162Si6Y. The maximum atomic E-state index is 2.72. The van der Waals surface area contributed by atoms with Crippen LogP contribution >= 0.6 is 0 Å². The molecule has 0 atom stereocenters. The summed E-state index contributed by atoms with van der Waals surface area (Å²) in [5.41, 5.74) is 0. The van der Waals surface area contributed by atoms with Gasteiger partial charge in [-0.25, -0.2) is 0 Å². The van der Waals surface area contributed by atoms with Crippen LogP contribution in [-0.2, 0) is 29.2 Å². The van der Waals surface area contributed by atoms with Crippen LogP contribution < -0.4 is 0 Å². The summed E-state index contributed by atoms with van der Waals surface area (Å²) in [4.78, 5) is 0. The van der Waals surface area contributed by atoms with E-state index in [0.29, 0.717) is 0 Å². The van der Waals surface area contributed by atoms with E-state index in [9.17, 15) is 0 Å². The van der Waals surface area contributed by atoms with E-state index >= 15 is 0 Å². The number of hydrogen-bond donors (Lipinski definition) is 0. The number of unbranched alkanes of at least 4 members (excludes halogenated alkanes) is 18. The molecule has 0 aliphatic carbocycles. The predicted molar refractivity (Wildman–Crippen MR) is 395 cm³/mol. The Balaban J connectivity index is 12.7. The monoisotopic (exact) mass is 1310 g/mol.